The molecule has 0 saturated carbocycles. The van der Waals surface area contributed by atoms with E-state index in [9.17, 15) is 14.4 Å². The largest absolute Gasteiger partial charge is 0.461 e. The van der Waals surface area contributed by atoms with Crippen LogP contribution < -0.4 is 10.7 Å². The normalized spacial score (nSPS) is 11.4. The van der Waals surface area contributed by atoms with Crippen LogP contribution in [0.4, 0.5) is 9.59 Å². The van der Waals surface area contributed by atoms with Crippen molar-refractivity contribution in [3.05, 3.63) is 24.0 Å². The zero-order chi connectivity index (χ0) is 20.3. The van der Waals surface area contributed by atoms with E-state index in [-0.39, 0.29) is 18.0 Å². The molecule has 26 heavy (non-hydrogen) atoms. The second-order valence-corrected chi connectivity index (χ2v) is 5.70. The molecule has 0 aromatic rings. The van der Waals surface area contributed by atoms with Gasteiger partial charge in [0.2, 0.25) is 0 Å². The summed E-state index contributed by atoms with van der Waals surface area (Å²) in [6, 6.07) is 0. The molecule has 0 fully saturated rings. The molecule has 0 bridgehead atoms. The number of carbonyl (C=O) groups is 3. The number of amides is 2. The Labute approximate surface area is 154 Å². The Morgan fingerprint density at radius 3 is 2.15 bits per heavy atom. The maximum absolute atomic E-state index is 12.4. The van der Waals surface area contributed by atoms with Crippen LogP contribution in [0.15, 0.2) is 24.0 Å². The fraction of sp³-hybridized carbons (Fsp3) is 0.588. The first-order valence-corrected chi connectivity index (χ1v) is 8.34. The van der Waals surface area contributed by atoms with Crippen LogP contribution in [-0.4, -0.2) is 48.5 Å². The van der Waals surface area contributed by atoms with Gasteiger partial charge in [0.15, 0.2) is 5.70 Å². The maximum Gasteiger partial charge on any atom is 0.434 e. The Hall–Kier alpha value is -2.71. The number of carbonyl (C=O) groups excluding carboxylic acids is 3. The molecule has 0 saturated heterocycles. The van der Waals surface area contributed by atoms with Gasteiger partial charge in [0.25, 0.3) is 0 Å². The smallest absolute Gasteiger partial charge is 0.434 e. The summed E-state index contributed by atoms with van der Waals surface area (Å²) in [7, 11) is 0. The lowest BCUT2D eigenvalue weighted by molar-refractivity contribution is -0.140. The van der Waals surface area contributed by atoms with E-state index in [1.807, 2.05) is 0 Å². The van der Waals surface area contributed by atoms with E-state index in [4.69, 9.17) is 14.2 Å². The molecule has 9 heteroatoms. The minimum atomic E-state index is -0.955. The van der Waals surface area contributed by atoms with Gasteiger partial charge in [-0.25, -0.2) is 19.8 Å². The third-order valence-corrected chi connectivity index (χ3v) is 2.62. The molecule has 0 aliphatic heterocycles. The van der Waals surface area contributed by atoms with Gasteiger partial charge in [0.1, 0.15) is 0 Å². The van der Waals surface area contributed by atoms with E-state index in [0.29, 0.717) is 11.6 Å². The summed E-state index contributed by atoms with van der Waals surface area (Å²) in [5.74, 6) is -0.813. The molecule has 9 nitrogen and oxygen atoms in total. The summed E-state index contributed by atoms with van der Waals surface area (Å²) in [5.41, 5.74) is 2.29. The molecule has 0 spiro atoms. The van der Waals surface area contributed by atoms with E-state index >= 15 is 0 Å². The summed E-state index contributed by atoms with van der Waals surface area (Å²) < 4.78 is 15.1. The van der Waals surface area contributed by atoms with Gasteiger partial charge < -0.3 is 19.5 Å². The van der Waals surface area contributed by atoms with E-state index in [1.54, 1.807) is 47.6 Å². The molecule has 2 N–H and O–H groups in total. The number of esters is 1. The predicted octanol–water partition coefficient (Wildman–Crippen LogP) is 2.45. The third kappa shape index (κ3) is 8.41. The predicted molar refractivity (Wildman–Crippen MR) is 95.7 cm³/mol. The van der Waals surface area contributed by atoms with Gasteiger partial charge in [-0.05, 0) is 41.5 Å². The Morgan fingerprint density at radius 2 is 1.69 bits per heavy atom. The number of rotatable bonds is 8. The molecule has 0 rings (SSSR count). The first kappa shape index (κ1) is 23.3. The quantitative estimate of drug-likeness (QED) is 0.222. The minimum absolute atomic E-state index is 0.0839. The zero-order valence-electron chi connectivity index (χ0n) is 16.3. The highest BCUT2D eigenvalue weighted by molar-refractivity contribution is 5.93. The monoisotopic (exact) mass is 371 g/mol. The number of ether oxygens (including phenoxy) is 3. The van der Waals surface area contributed by atoms with Gasteiger partial charge in [-0.15, -0.1) is 6.58 Å². The van der Waals surface area contributed by atoms with Crippen molar-refractivity contribution >= 4 is 18.2 Å². The van der Waals surface area contributed by atoms with Gasteiger partial charge in [-0.1, -0.05) is 6.08 Å². The van der Waals surface area contributed by atoms with Gasteiger partial charge in [0.05, 0.1) is 18.8 Å². The second-order valence-electron chi connectivity index (χ2n) is 5.70. The van der Waals surface area contributed by atoms with Crippen LogP contribution in [0.2, 0.25) is 0 Å². The van der Waals surface area contributed by atoms with Gasteiger partial charge >= 0.3 is 18.2 Å². The molecular weight excluding hydrogens is 342 g/mol. The van der Waals surface area contributed by atoms with Crippen LogP contribution in [0, 0.1) is 0 Å². The molecule has 0 aromatic carbocycles. The lowest BCUT2D eigenvalue weighted by Gasteiger charge is -2.26. The topological polar surface area (TPSA) is 106 Å². The highest BCUT2D eigenvalue weighted by Crippen LogP contribution is 2.13. The Balaban J connectivity index is 5.88. The summed E-state index contributed by atoms with van der Waals surface area (Å²) in [6.45, 7) is 13.7. The van der Waals surface area contributed by atoms with E-state index in [2.05, 4.69) is 17.3 Å². The fourth-order valence-corrected chi connectivity index (χ4v) is 1.70. The van der Waals surface area contributed by atoms with Gasteiger partial charge in [-0.3, -0.25) is 0 Å². The SMILES string of the molecule is C=CCN/C(C)=C(\C(=O)OCC)N(NC(=O)OC(C)C)C(=O)OC(C)C. The van der Waals surface area contributed by atoms with Gasteiger partial charge in [-0.2, -0.15) is 5.01 Å². The van der Waals surface area contributed by atoms with E-state index < -0.39 is 30.4 Å². The average Bonchev–Trinajstić information content (AvgIpc) is 2.51. The highest BCUT2D eigenvalue weighted by atomic mass is 16.6. The van der Waals surface area contributed by atoms with Crippen LogP contribution in [0.25, 0.3) is 0 Å². The maximum atomic E-state index is 12.4. The van der Waals surface area contributed by atoms with Crippen molar-refractivity contribution < 1.29 is 28.6 Å². The Kier molecular flexibility index (Phi) is 10.5. The Bertz CT molecular complexity index is 543. The third-order valence-electron chi connectivity index (χ3n) is 2.62. The molecule has 0 atom stereocenters. The number of hydrogen-bond acceptors (Lipinski definition) is 7. The summed E-state index contributed by atoms with van der Waals surface area (Å²) in [4.78, 5) is 36.8. The van der Waals surface area contributed by atoms with Crippen LogP contribution in [0.1, 0.15) is 41.5 Å². The number of allylic oxidation sites excluding steroid dienone is 1. The first-order chi connectivity index (χ1) is 12.1. The van der Waals surface area contributed by atoms with Crippen LogP contribution in [0.3, 0.4) is 0 Å². The first-order valence-electron chi connectivity index (χ1n) is 8.34. The van der Waals surface area contributed by atoms with Crippen molar-refractivity contribution in [3.8, 4) is 0 Å². The second kappa shape index (κ2) is 11.8. The summed E-state index contributed by atoms with van der Waals surface area (Å²) in [5, 5.41) is 3.57. The van der Waals surface area contributed by atoms with Crippen molar-refractivity contribution in [2.45, 2.75) is 53.8 Å². The van der Waals surface area contributed by atoms with Gasteiger partial charge in [0, 0.05) is 12.2 Å². The fourth-order valence-electron chi connectivity index (χ4n) is 1.70. The summed E-state index contributed by atoms with van der Waals surface area (Å²) >= 11 is 0. The summed E-state index contributed by atoms with van der Waals surface area (Å²) in [6.07, 6.45) is -1.20. The molecule has 148 valence electrons. The number of nitrogens with zero attached hydrogens (tertiary/aromatic N) is 1. The molecule has 2 amide bonds. The molecule has 0 aliphatic rings. The van der Waals surface area contributed by atoms with Crippen molar-refractivity contribution in [1.29, 1.82) is 0 Å². The lowest BCUT2D eigenvalue weighted by atomic mass is 10.3. The van der Waals surface area contributed by atoms with Crippen molar-refractivity contribution in [1.82, 2.24) is 15.8 Å². The number of hydrogen-bond donors (Lipinski definition) is 2. The molecule has 0 aliphatic carbocycles. The van der Waals surface area contributed by atoms with Crippen LogP contribution in [-0.2, 0) is 19.0 Å². The van der Waals surface area contributed by atoms with Crippen molar-refractivity contribution in [2.24, 2.45) is 0 Å². The average molecular weight is 371 g/mol. The minimum Gasteiger partial charge on any atom is -0.461 e. The van der Waals surface area contributed by atoms with Crippen molar-refractivity contribution in [3.63, 3.8) is 0 Å². The van der Waals surface area contributed by atoms with Crippen LogP contribution in [0.5, 0.6) is 0 Å². The van der Waals surface area contributed by atoms with Crippen LogP contribution >= 0.6 is 0 Å². The lowest BCUT2D eigenvalue weighted by Crippen LogP contribution is -2.50. The molecule has 0 heterocycles. The zero-order valence-corrected chi connectivity index (χ0v) is 16.3. The molecular formula is C17H29N3O6. The Morgan fingerprint density at radius 1 is 1.12 bits per heavy atom. The van der Waals surface area contributed by atoms with E-state index in [0.717, 1.165) is 0 Å². The van der Waals surface area contributed by atoms with Crippen molar-refractivity contribution in [2.75, 3.05) is 13.2 Å². The molecule has 0 unspecified atom stereocenters. The molecule has 0 radical (unpaired) electrons. The molecule has 0 aromatic heterocycles. The van der Waals surface area contributed by atoms with E-state index in [1.165, 1.54) is 0 Å². The number of nitrogens with one attached hydrogen (secondary N) is 2. The number of hydrazine groups is 1. The standard InChI is InChI=1S/C17H29N3O6/c1-8-10-18-13(7)14(15(21)24-9-2)20(17(23)26-12(5)6)19-16(22)25-11(3)4/h8,11-12,18H,1,9-10H2,2-7H3,(H,19,22)/b14-13+. The highest BCUT2D eigenvalue weighted by Gasteiger charge is 2.31.